The Morgan fingerprint density at radius 2 is 2.07 bits per heavy atom. The van der Waals surface area contributed by atoms with Gasteiger partial charge in [0.2, 0.25) is 0 Å². The first-order chi connectivity index (χ1) is 14.1. The highest BCUT2D eigenvalue weighted by Crippen LogP contribution is 2.22. The normalized spacial score (nSPS) is 11.1. The van der Waals surface area contributed by atoms with Crippen LogP contribution in [0.3, 0.4) is 0 Å². The first-order valence-corrected chi connectivity index (χ1v) is 10.4. The number of halogens is 1. The van der Waals surface area contributed by atoms with E-state index in [1.807, 2.05) is 36.8 Å². The second-order valence-electron chi connectivity index (χ2n) is 7.07. The quantitative estimate of drug-likeness (QED) is 0.418. The third kappa shape index (κ3) is 3.81. The third-order valence-corrected chi connectivity index (χ3v) is 5.40. The Balaban J connectivity index is 1.68. The van der Waals surface area contributed by atoms with Crippen LogP contribution in [0.1, 0.15) is 42.4 Å². The molecule has 0 aliphatic carbocycles. The molecule has 0 saturated heterocycles. The van der Waals surface area contributed by atoms with Crippen LogP contribution in [0.25, 0.3) is 17.0 Å². The number of aromatic nitrogens is 5. The SMILES string of the molecule is CCCCc1nc2c(C)ccnc2n1Cc1ccc(-n2cc(Br)cc2C#N)nc1. The van der Waals surface area contributed by atoms with Gasteiger partial charge in [-0.3, -0.25) is 4.57 Å². The summed E-state index contributed by atoms with van der Waals surface area (Å²) in [5.74, 6) is 1.78. The van der Waals surface area contributed by atoms with Gasteiger partial charge in [-0.1, -0.05) is 19.4 Å². The fraction of sp³-hybridized carbons (Fsp3) is 0.273. The van der Waals surface area contributed by atoms with E-state index < -0.39 is 0 Å². The molecule has 0 saturated carbocycles. The Kier molecular flexibility index (Phi) is 5.45. The lowest BCUT2D eigenvalue weighted by Gasteiger charge is -2.10. The van der Waals surface area contributed by atoms with Crippen molar-refractivity contribution >= 4 is 27.1 Å². The monoisotopic (exact) mass is 448 g/mol. The minimum atomic E-state index is 0.541. The number of fused-ring (bicyclic) bond motifs is 1. The van der Waals surface area contributed by atoms with Crippen molar-refractivity contribution in [3.05, 3.63) is 70.0 Å². The van der Waals surface area contributed by atoms with Crippen molar-refractivity contribution in [2.45, 2.75) is 39.7 Å². The van der Waals surface area contributed by atoms with Crippen LogP contribution in [-0.2, 0) is 13.0 Å². The largest absolute Gasteiger partial charge is 0.308 e. The highest BCUT2D eigenvalue weighted by Gasteiger charge is 2.14. The lowest BCUT2D eigenvalue weighted by molar-refractivity contribution is 0.685. The van der Waals surface area contributed by atoms with Gasteiger partial charge >= 0.3 is 0 Å². The van der Waals surface area contributed by atoms with Gasteiger partial charge in [-0.15, -0.1) is 0 Å². The molecule has 7 heteroatoms. The topological polar surface area (TPSA) is 72.3 Å². The molecular formula is C22H21BrN6. The van der Waals surface area contributed by atoms with Crippen LogP contribution in [0.5, 0.6) is 0 Å². The van der Waals surface area contributed by atoms with Crippen molar-refractivity contribution in [1.29, 1.82) is 5.26 Å². The van der Waals surface area contributed by atoms with Crippen LogP contribution in [0, 0.1) is 18.3 Å². The molecule has 0 spiro atoms. The second-order valence-corrected chi connectivity index (χ2v) is 7.98. The molecular weight excluding hydrogens is 428 g/mol. The maximum atomic E-state index is 9.31. The van der Waals surface area contributed by atoms with Crippen molar-refractivity contribution < 1.29 is 0 Å². The number of rotatable bonds is 6. The van der Waals surface area contributed by atoms with Gasteiger partial charge in [-0.05, 0) is 58.6 Å². The van der Waals surface area contributed by atoms with E-state index >= 15 is 0 Å². The summed E-state index contributed by atoms with van der Waals surface area (Å²) >= 11 is 3.42. The molecule has 0 fully saturated rings. The van der Waals surface area contributed by atoms with Crippen molar-refractivity contribution in [3.63, 3.8) is 0 Å². The molecule has 0 N–H and O–H groups in total. The maximum absolute atomic E-state index is 9.31. The van der Waals surface area contributed by atoms with Gasteiger partial charge < -0.3 is 4.57 Å². The molecule has 4 aromatic rings. The Morgan fingerprint density at radius 3 is 2.79 bits per heavy atom. The summed E-state index contributed by atoms with van der Waals surface area (Å²) in [6.07, 6.45) is 8.70. The van der Waals surface area contributed by atoms with E-state index in [0.717, 1.165) is 51.9 Å². The molecule has 29 heavy (non-hydrogen) atoms. The van der Waals surface area contributed by atoms with Gasteiger partial charge in [0.1, 0.15) is 28.9 Å². The number of unbranched alkanes of at least 4 members (excludes halogenated alkanes) is 1. The fourth-order valence-electron chi connectivity index (χ4n) is 3.42. The molecule has 6 nitrogen and oxygen atoms in total. The van der Waals surface area contributed by atoms with E-state index in [0.29, 0.717) is 18.1 Å². The number of aryl methyl sites for hydroxylation is 2. The van der Waals surface area contributed by atoms with Gasteiger partial charge in [0, 0.05) is 29.5 Å². The first kappa shape index (κ1) is 19.3. The minimum Gasteiger partial charge on any atom is -0.308 e. The number of imidazole rings is 1. The molecule has 4 heterocycles. The zero-order valence-corrected chi connectivity index (χ0v) is 18.0. The van der Waals surface area contributed by atoms with E-state index in [9.17, 15) is 5.26 Å². The molecule has 146 valence electrons. The van der Waals surface area contributed by atoms with E-state index in [4.69, 9.17) is 4.98 Å². The average molecular weight is 449 g/mol. The number of nitrogens with zero attached hydrogens (tertiary/aromatic N) is 6. The van der Waals surface area contributed by atoms with Crippen LogP contribution in [-0.4, -0.2) is 24.1 Å². The molecule has 0 bridgehead atoms. The number of hydrogen-bond acceptors (Lipinski definition) is 4. The Labute approximate surface area is 178 Å². The second kappa shape index (κ2) is 8.18. The van der Waals surface area contributed by atoms with E-state index in [1.54, 1.807) is 10.6 Å². The molecule has 0 radical (unpaired) electrons. The van der Waals surface area contributed by atoms with Crippen molar-refractivity contribution in [2.24, 2.45) is 0 Å². The van der Waals surface area contributed by atoms with Gasteiger partial charge in [0.05, 0.1) is 6.54 Å². The summed E-state index contributed by atoms with van der Waals surface area (Å²) in [5.41, 5.74) is 4.64. The summed E-state index contributed by atoms with van der Waals surface area (Å²) in [5, 5.41) is 9.31. The standard InChI is InChI=1S/C22H21BrN6/c1-3-4-5-20-27-21-15(2)8-9-25-22(21)29(20)13-16-6-7-19(26-12-16)28-14-17(23)10-18(28)11-24/h6-10,12,14H,3-5,13H2,1-2H3. The van der Waals surface area contributed by atoms with Gasteiger partial charge in [-0.25, -0.2) is 15.0 Å². The first-order valence-electron chi connectivity index (χ1n) is 9.64. The van der Waals surface area contributed by atoms with Crippen LogP contribution < -0.4 is 0 Å². The lowest BCUT2D eigenvalue weighted by atomic mass is 10.2. The molecule has 0 aromatic carbocycles. The van der Waals surface area contributed by atoms with Gasteiger partial charge in [0.25, 0.3) is 0 Å². The Hall–Kier alpha value is -2.98. The third-order valence-electron chi connectivity index (χ3n) is 4.97. The zero-order chi connectivity index (χ0) is 20.4. The molecule has 0 aliphatic rings. The van der Waals surface area contributed by atoms with Crippen LogP contribution >= 0.6 is 15.9 Å². The Morgan fingerprint density at radius 1 is 1.21 bits per heavy atom. The molecule has 0 amide bonds. The van der Waals surface area contributed by atoms with E-state index in [2.05, 4.69) is 50.4 Å². The molecule has 4 rings (SSSR count). The molecule has 0 aliphatic heterocycles. The molecule has 4 aromatic heterocycles. The summed E-state index contributed by atoms with van der Waals surface area (Å²) in [4.78, 5) is 14.0. The predicted molar refractivity (Wildman–Crippen MR) is 116 cm³/mol. The smallest absolute Gasteiger partial charge is 0.160 e. The highest BCUT2D eigenvalue weighted by atomic mass is 79.9. The van der Waals surface area contributed by atoms with Crippen LogP contribution in [0.2, 0.25) is 0 Å². The Bertz CT molecular complexity index is 1200. The van der Waals surface area contributed by atoms with E-state index in [-0.39, 0.29) is 0 Å². The summed E-state index contributed by atoms with van der Waals surface area (Å²) < 4.78 is 4.83. The number of pyridine rings is 2. The van der Waals surface area contributed by atoms with E-state index in [1.165, 1.54) is 0 Å². The number of nitriles is 1. The van der Waals surface area contributed by atoms with Crippen LogP contribution in [0.15, 0.2) is 47.3 Å². The average Bonchev–Trinajstić information content (AvgIpc) is 3.28. The summed E-state index contributed by atoms with van der Waals surface area (Å²) in [7, 11) is 0. The van der Waals surface area contributed by atoms with Gasteiger partial charge in [-0.2, -0.15) is 5.26 Å². The fourth-order valence-corrected chi connectivity index (χ4v) is 3.84. The predicted octanol–water partition coefficient (Wildman–Crippen LogP) is 4.95. The number of hydrogen-bond donors (Lipinski definition) is 0. The lowest BCUT2D eigenvalue weighted by Crippen LogP contribution is -2.07. The summed E-state index contributed by atoms with van der Waals surface area (Å²) in [6, 6.07) is 9.95. The maximum Gasteiger partial charge on any atom is 0.160 e. The minimum absolute atomic E-state index is 0.541. The van der Waals surface area contributed by atoms with Crippen molar-refractivity contribution in [2.75, 3.05) is 0 Å². The molecule has 0 atom stereocenters. The van der Waals surface area contributed by atoms with Crippen LogP contribution in [0.4, 0.5) is 0 Å². The van der Waals surface area contributed by atoms with Crippen molar-refractivity contribution in [3.8, 4) is 11.9 Å². The zero-order valence-electron chi connectivity index (χ0n) is 16.4. The summed E-state index contributed by atoms with van der Waals surface area (Å²) in [6.45, 7) is 4.93. The molecule has 0 unspecified atom stereocenters. The van der Waals surface area contributed by atoms with Gasteiger partial charge in [0.15, 0.2) is 5.65 Å². The van der Waals surface area contributed by atoms with Crippen molar-refractivity contribution in [1.82, 2.24) is 24.1 Å². The highest BCUT2D eigenvalue weighted by molar-refractivity contribution is 9.10.